The Kier molecular flexibility index (Phi) is 9.36. The zero-order valence-corrected chi connectivity index (χ0v) is 28.2. The number of amides is 2. The van der Waals surface area contributed by atoms with Gasteiger partial charge in [-0.1, -0.05) is 26.0 Å². The zero-order chi connectivity index (χ0) is 32.6. The molecule has 1 saturated heterocycles. The van der Waals surface area contributed by atoms with E-state index >= 15 is 0 Å². The molecule has 1 aromatic heterocycles. The van der Waals surface area contributed by atoms with Crippen LogP contribution in [0.1, 0.15) is 79.1 Å². The van der Waals surface area contributed by atoms with Gasteiger partial charge in [-0.15, -0.1) is 0 Å². The summed E-state index contributed by atoms with van der Waals surface area (Å²) in [6.07, 6.45) is 11.5. The van der Waals surface area contributed by atoms with Gasteiger partial charge in [0.05, 0.1) is 17.4 Å². The van der Waals surface area contributed by atoms with Crippen LogP contribution in [0.5, 0.6) is 11.6 Å². The predicted octanol–water partition coefficient (Wildman–Crippen LogP) is 4.73. The molecule has 2 aliphatic heterocycles. The summed E-state index contributed by atoms with van der Waals surface area (Å²) >= 11 is 0. The highest BCUT2D eigenvalue weighted by Crippen LogP contribution is 2.46. The van der Waals surface area contributed by atoms with Crippen LogP contribution in [-0.2, 0) is 19.6 Å². The number of benzene rings is 1. The number of nitrogens with zero attached hydrogens (tertiary/aromatic N) is 2. The summed E-state index contributed by atoms with van der Waals surface area (Å²) in [5.41, 5.74) is -1.27. The number of fused-ring (bicyclic) bond motifs is 3. The van der Waals surface area contributed by atoms with Crippen LogP contribution in [-0.4, -0.2) is 72.2 Å². The van der Waals surface area contributed by atoms with Gasteiger partial charge in [0.2, 0.25) is 21.8 Å². The van der Waals surface area contributed by atoms with Gasteiger partial charge in [-0.05, 0) is 107 Å². The van der Waals surface area contributed by atoms with Gasteiger partial charge in [-0.3, -0.25) is 19.2 Å². The fourth-order valence-electron chi connectivity index (χ4n) is 7.11. The SMILES string of the molecule is CC1CCC=CC2CC2(C(=O)NS(=O)(=O)C2CC2)NC(=O)C2CC(Oc3nccc4cc(OC(C)C)ccc34)CN2CCC(C)C1. The molecule has 0 bridgehead atoms. The standard InChI is InChI=1S/C35H48N4O6S/c1-22(2)44-27-9-12-30-25(18-27)13-15-36-33(30)45-28-19-31-32(40)37-35(34(41)38-46(42,43)29-10-11-29)20-26(35)8-6-5-7-23(3)17-24(4)14-16-39(31)21-28/h6,8-9,12-13,15,18,22-24,26,28-29,31H,5,7,10-11,14,16-17,19-21H2,1-4H3,(H,37,40)(H,38,41). The molecule has 2 saturated carbocycles. The smallest absolute Gasteiger partial charge is 0.259 e. The van der Waals surface area contributed by atoms with Crippen LogP contribution >= 0.6 is 0 Å². The molecule has 6 rings (SSSR count). The maximum atomic E-state index is 14.1. The quantitative estimate of drug-likeness (QED) is 0.412. The molecule has 2 N–H and O–H groups in total. The van der Waals surface area contributed by atoms with Gasteiger partial charge in [0.25, 0.3) is 5.91 Å². The van der Waals surface area contributed by atoms with Crippen LogP contribution in [0.2, 0.25) is 0 Å². The lowest BCUT2D eigenvalue weighted by Gasteiger charge is -2.27. The number of ether oxygens (including phenoxy) is 2. The molecule has 6 atom stereocenters. The Labute approximate surface area is 272 Å². The Hall–Kier alpha value is -3.18. The Bertz CT molecular complexity index is 1590. The largest absolute Gasteiger partial charge is 0.491 e. The van der Waals surface area contributed by atoms with Crippen molar-refractivity contribution in [3.63, 3.8) is 0 Å². The number of hydrogen-bond acceptors (Lipinski definition) is 8. The Balaban J connectivity index is 1.23. The summed E-state index contributed by atoms with van der Waals surface area (Å²) in [5.74, 6) is 1.18. The molecule has 6 unspecified atom stereocenters. The molecule has 4 aliphatic rings. The molecule has 3 heterocycles. The first-order valence-electron chi connectivity index (χ1n) is 16.9. The predicted molar refractivity (Wildman–Crippen MR) is 177 cm³/mol. The van der Waals surface area contributed by atoms with E-state index in [1.807, 2.05) is 44.2 Å². The molecule has 2 aromatic rings. The van der Waals surface area contributed by atoms with E-state index in [-0.39, 0.29) is 24.0 Å². The average Bonchev–Trinajstić information content (AvgIpc) is 3.91. The van der Waals surface area contributed by atoms with Crippen molar-refractivity contribution in [2.45, 2.75) is 108 Å². The topological polar surface area (TPSA) is 127 Å². The average molecular weight is 653 g/mol. The van der Waals surface area contributed by atoms with Gasteiger partial charge in [0.1, 0.15) is 17.4 Å². The van der Waals surface area contributed by atoms with Gasteiger partial charge in [-0.25, -0.2) is 13.4 Å². The summed E-state index contributed by atoms with van der Waals surface area (Å²) in [6.45, 7) is 9.81. The number of allylic oxidation sites excluding steroid dienone is 1. The lowest BCUT2D eigenvalue weighted by molar-refractivity contribution is -0.131. The fraction of sp³-hybridized carbons (Fsp3) is 0.629. The number of nitrogens with one attached hydrogen (secondary N) is 2. The lowest BCUT2D eigenvalue weighted by Crippen LogP contribution is -2.56. The van der Waals surface area contributed by atoms with Crippen molar-refractivity contribution in [3.8, 4) is 11.6 Å². The van der Waals surface area contributed by atoms with Gasteiger partial charge in [0, 0.05) is 30.5 Å². The molecule has 1 aromatic carbocycles. The highest BCUT2D eigenvalue weighted by atomic mass is 32.2. The minimum Gasteiger partial charge on any atom is -0.491 e. The Morgan fingerprint density at radius 1 is 1.11 bits per heavy atom. The van der Waals surface area contributed by atoms with E-state index in [0.29, 0.717) is 49.9 Å². The van der Waals surface area contributed by atoms with Crippen molar-refractivity contribution in [2.75, 3.05) is 13.1 Å². The minimum absolute atomic E-state index is 0.0612. The molecule has 2 aliphatic carbocycles. The molecule has 10 nitrogen and oxygen atoms in total. The van der Waals surface area contributed by atoms with Gasteiger partial charge >= 0.3 is 0 Å². The van der Waals surface area contributed by atoms with Crippen molar-refractivity contribution >= 4 is 32.6 Å². The van der Waals surface area contributed by atoms with Crippen molar-refractivity contribution < 1.29 is 27.5 Å². The number of carbonyl (C=O) groups is 2. The molecule has 2 amide bonds. The maximum Gasteiger partial charge on any atom is 0.259 e. The summed E-state index contributed by atoms with van der Waals surface area (Å²) < 4.78 is 40.1. The third-order valence-electron chi connectivity index (χ3n) is 9.89. The summed E-state index contributed by atoms with van der Waals surface area (Å²) in [4.78, 5) is 34.3. The molecule has 250 valence electrons. The zero-order valence-electron chi connectivity index (χ0n) is 27.4. The molecule has 46 heavy (non-hydrogen) atoms. The number of hydrogen-bond donors (Lipinski definition) is 2. The lowest BCUT2D eigenvalue weighted by atomic mass is 9.91. The second-order valence-corrected chi connectivity index (χ2v) is 16.3. The third-order valence-corrected chi connectivity index (χ3v) is 11.7. The van der Waals surface area contributed by atoms with Gasteiger partial charge in [-0.2, -0.15) is 0 Å². The van der Waals surface area contributed by atoms with E-state index in [4.69, 9.17) is 9.47 Å². The molecule has 0 radical (unpaired) electrons. The minimum atomic E-state index is -3.75. The van der Waals surface area contributed by atoms with Crippen LogP contribution < -0.4 is 19.5 Å². The van der Waals surface area contributed by atoms with Crippen molar-refractivity contribution in [2.24, 2.45) is 17.8 Å². The highest BCUT2D eigenvalue weighted by Gasteiger charge is 2.62. The van der Waals surface area contributed by atoms with E-state index in [1.165, 1.54) is 0 Å². The normalized spacial score (nSPS) is 30.9. The van der Waals surface area contributed by atoms with Crippen LogP contribution in [0.15, 0.2) is 42.6 Å². The van der Waals surface area contributed by atoms with E-state index in [9.17, 15) is 18.0 Å². The number of sulfonamides is 1. The monoisotopic (exact) mass is 652 g/mol. The first-order chi connectivity index (χ1) is 21.9. The van der Waals surface area contributed by atoms with Crippen LogP contribution in [0, 0.1) is 17.8 Å². The third kappa shape index (κ3) is 7.35. The molecule has 11 heteroatoms. The first kappa shape index (κ1) is 32.7. The van der Waals surface area contributed by atoms with E-state index in [0.717, 1.165) is 48.8 Å². The maximum absolute atomic E-state index is 14.1. The number of pyridine rings is 1. The van der Waals surface area contributed by atoms with Crippen molar-refractivity contribution in [1.82, 2.24) is 19.9 Å². The first-order valence-corrected chi connectivity index (χ1v) is 18.5. The van der Waals surface area contributed by atoms with Gasteiger partial charge in [0.15, 0.2) is 0 Å². The Morgan fingerprint density at radius 2 is 1.89 bits per heavy atom. The van der Waals surface area contributed by atoms with Crippen LogP contribution in [0.3, 0.4) is 0 Å². The van der Waals surface area contributed by atoms with Crippen molar-refractivity contribution in [3.05, 3.63) is 42.6 Å². The molecule has 3 fully saturated rings. The second-order valence-electron chi connectivity index (χ2n) is 14.3. The molecular weight excluding hydrogens is 604 g/mol. The molecular formula is C35H48N4O6S. The number of carbonyl (C=O) groups excluding carboxylic acids is 2. The van der Waals surface area contributed by atoms with Crippen LogP contribution in [0.4, 0.5) is 0 Å². The van der Waals surface area contributed by atoms with E-state index < -0.39 is 32.8 Å². The Morgan fingerprint density at radius 3 is 2.65 bits per heavy atom. The van der Waals surface area contributed by atoms with Crippen LogP contribution in [0.25, 0.3) is 10.8 Å². The molecule has 0 spiro atoms. The summed E-state index contributed by atoms with van der Waals surface area (Å²) in [6, 6.07) is 7.26. The van der Waals surface area contributed by atoms with Gasteiger partial charge < -0.3 is 14.8 Å². The van der Waals surface area contributed by atoms with E-state index in [2.05, 4.69) is 39.8 Å². The fourth-order valence-corrected chi connectivity index (χ4v) is 8.47. The summed E-state index contributed by atoms with van der Waals surface area (Å²) in [7, 11) is -3.75. The number of rotatable bonds is 7. The second kappa shape index (κ2) is 13.1. The van der Waals surface area contributed by atoms with E-state index in [1.54, 1.807) is 6.20 Å². The highest BCUT2D eigenvalue weighted by molar-refractivity contribution is 7.91. The van der Waals surface area contributed by atoms with Crippen molar-refractivity contribution in [1.29, 1.82) is 0 Å². The summed E-state index contributed by atoms with van der Waals surface area (Å²) in [5, 5.41) is 4.35. The number of aromatic nitrogens is 1.